The number of anilines is 2. The van der Waals surface area contributed by atoms with E-state index in [2.05, 4.69) is 5.32 Å². The Labute approximate surface area is 122 Å². The van der Waals surface area contributed by atoms with Gasteiger partial charge in [0.15, 0.2) is 0 Å². The van der Waals surface area contributed by atoms with Crippen molar-refractivity contribution in [2.24, 2.45) is 0 Å². The molecule has 21 heavy (non-hydrogen) atoms. The van der Waals surface area contributed by atoms with E-state index in [1.165, 1.54) is 11.1 Å². The highest BCUT2D eigenvalue weighted by atomic mass is 16.6. The van der Waals surface area contributed by atoms with Crippen LogP contribution >= 0.6 is 0 Å². The Balaban J connectivity index is 1.88. The molecule has 0 heterocycles. The number of rotatable bonds is 3. The van der Waals surface area contributed by atoms with Gasteiger partial charge in [0.25, 0.3) is 5.69 Å². The molecule has 3 N–H and O–H groups in total. The van der Waals surface area contributed by atoms with Crippen LogP contribution in [0.15, 0.2) is 36.4 Å². The van der Waals surface area contributed by atoms with Crippen LogP contribution in [0.3, 0.4) is 0 Å². The summed E-state index contributed by atoms with van der Waals surface area (Å²) >= 11 is 0. The molecular weight excluding hydrogens is 266 g/mol. The summed E-state index contributed by atoms with van der Waals surface area (Å²) in [5, 5.41) is 14.3. The van der Waals surface area contributed by atoms with Gasteiger partial charge in [-0.1, -0.05) is 6.07 Å². The molecule has 0 radical (unpaired) electrons. The summed E-state index contributed by atoms with van der Waals surface area (Å²) in [6.07, 6.45) is 1.95. The van der Waals surface area contributed by atoms with Gasteiger partial charge in [0.1, 0.15) is 0 Å². The first kappa shape index (κ1) is 13.4. The molecule has 0 saturated heterocycles. The summed E-state index contributed by atoms with van der Waals surface area (Å²) in [4.78, 5) is 10.6. The molecule has 1 aliphatic rings. The molecule has 2 aromatic rings. The second kappa shape index (κ2) is 5.09. The molecule has 0 fully saturated rings. The number of nitro groups is 1. The van der Waals surface area contributed by atoms with Gasteiger partial charge in [0, 0.05) is 23.5 Å². The van der Waals surface area contributed by atoms with E-state index in [1.54, 1.807) is 12.1 Å². The molecule has 108 valence electrons. The summed E-state index contributed by atoms with van der Waals surface area (Å²) in [7, 11) is 0. The third-order valence-electron chi connectivity index (χ3n) is 3.86. The minimum Gasteiger partial charge on any atom is -0.399 e. The quantitative estimate of drug-likeness (QED) is 0.512. The largest absolute Gasteiger partial charge is 0.399 e. The number of nitro benzene ring substituents is 1. The fourth-order valence-corrected chi connectivity index (χ4v) is 2.94. The van der Waals surface area contributed by atoms with Crippen molar-refractivity contribution in [2.75, 3.05) is 11.1 Å². The molecule has 0 saturated carbocycles. The molecule has 0 bridgehead atoms. The van der Waals surface area contributed by atoms with Gasteiger partial charge in [-0.25, -0.2) is 0 Å². The first-order valence-corrected chi connectivity index (χ1v) is 6.94. The molecular formula is C16H17N3O2. The summed E-state index contributed by atoms with van der Waals surface area (Å²) in [6, 6.07) is 11.2. The van der Waals surface area contributed by atoms with Crippen molar-refractivity contribution in [1.82, 2.24) is 0 Å². The highest BCUT2D eigenvalue weighted by Crippen LogP contribution is 2.35. The maximum Gasteiger partial charge on any atom is 0.271 e. The zero-order chi connectivity index (χ0) is 15.0. The average Bonchev–Trinajstić information content (AvgIpc) is 2.80. The van der Waals surface area contributed by atoms with Crippen LogP contribution < -0.4 is 11.1 Å². The molecule has 0 aromatic heterocycles. The van der Waals surface area contributed by atoms with Gasteiger partial charge >= 0.3 is 0 Å². The van der Waals surface area contributed by atoms with Crippen molar-refractivity contribution in [3.05, 3.63) is 63.2 Å². The first-order chi connectivity index (χ1) is 10.0. The Morgan fingerprint density at radius 3 is 2.86 bits per heavy atom. The first-order valence-electron chi connectivity index (χ1n) is 6.94. The van der Waals surface area contributed by atoms with Crippen molar-refractivity contribution in [2.45, 2.75) is 25.8 Å². The van der Waals surface area contributed by atoms with Crippen molar-refractivity contribution in [3.63, 3.8) is 0 Å². The number of fused-ring (bicyclic) bond motifs is 1. The second-order valence-corrected chi connectivity index (χ2v) is 5.51. The van der Waals surface area contributed by atoms with E-state index < -0.39 is 0 Å². The third kappa shape index (κ3) is 2.67. The van der Waals surface area contributed by atoms with Gasteiger partial charge in [-0.2, -0.15) is 0 Å². The van der Waals surface area contributed by atoms with Crippen molar-refractivity contribution in [1.29, 1.82) is 0 Å². The lowest BCUT2D eigenvalue weighted by molar-refractivity contribution is -0.384. The number of benzene rings is 2. The van der Waals surface area contributed by atoms with Crippen LogP contribution in [0, 0.1) is 17.0 Å². The van der Waals surface area contributed by atoms with Gasteiger partial charge in [0.2, 0.25) is 0 Å². The Kier molecular flexibility index (Phi) is 3.25. The van der Waals surface area contributed by atoms with Crippen molar-refractivity contribution in [3.8, 4) is 0 Å². The van der Waals surface area contributed by atoms with Crippen LogP contribution in [0.5, 0.6) is 0 Å². The summed E-state index contributed by atoms with van der Waals surface area (Å²) < 4.78 is 0. The summed E-state index contributed by atoms with van der Waals surface area (Å²) in [5.41, 5.74) is 10.9. The van der Waals surface area contributed by atoms with Crippen LogP contribution in [-0.4, -0.2) is 4.92 Å². The van der Waals surface area contributed by atoms with E-state index in [0.29, 0.717) is 0 Å². The smallest absolute Gasteiger partial charge is 0.271 e. The molecule has 1 aliphatic carbocycles. The van der Waals surface area contributed by atoms with Crippen LogP contribution in [0.25, 0.3) is 0 Å². The maximum atomic E-state index is 10.9. The highest BCUT2D eigenvalue weighted by molar-refractivity contribution is 5.57. The molecule has 5 nitrogen and oxygen atoms in total. The number of hydrogen-bond donors (Lipinski definition) is 2. The monoisotopic (exact) mass is 283 g/mol. The predicted molar refractivity (Wildman–Crippen MR) is 83.4 cm³/mol. The third-order valence-corrected chi connectivity index (χ3v) is 3.86. The topological polar surface area (TPSA) is 81.2 Å². The average molecular weight is 283 g/mol. The van der Waals surface area contributed by atoms with Crippen LogP contribution in [-0.2, 0) is 6.42 Å². The van der Waals surface area contributed by atoms with Crippen LogP contribution in [0.4, 0.5) is 17.1 Å². The molecule has 1 atom stereocenters. The summed E-state index contributed by atoms with van der Waals surface area (Å²) in [5.74, 6) is 0. The number of hydrogen-bond acceptors (Lipinski definition) is 4. The SMILES string of the molecule is Cc1cc(NC2CCc3cc(N)ccc32)cc([N+](=O)[O-])c1. The molecule has 0 amide bonds. The molecule has 0 spiro atoms. The molecule has 3 rings (SSSR count). The Hall–Kier alpha value is -2.56. The van der Waals surface area contributed by atoms with Crippen LogP contribution in [0.2, 0.25) is 0 Å². The Bertz CT molecular complexity index is 713. The lowest BCUT2D eigenvalue weighted by atomic mass is 10.1. The van der Waals surface area contributed by atoms with Gasteiger partial charge in [0.05, 0.1) is 11.0 Å². The second-order valence-electron chi connectivity index (χ2n) is 5.51. The van der Waals surface area contributed by atoms with E-state index >= 15 is 0 Å². The maximum absolute atomic E-state index is 10.9. The van der Waals surface area contributed by atoms with Gasteiger partial charge in [-0.3, -0.25) is 10.1 Å². The lowest BCUT2D eigenvalue weighted by Crippen LogP contribution is -2.07. The van der Waals surface area contributed by atoms with E-state index in [9.17, 15) is 10.1 Å². The van der Waals surface area contributed by atoms with E-state index in [1.807, 2.05) is 31.2 Å². The normalized spacial score (nSPS) is 16.5. The number of non-ortho nitro benzene ring substituents is 1. The lowest BCUT2D eigenvalue weighted by Gasteiger charge is -2.16. The van der Waals surface area contributed by atoms with Crippen molar-refractivity contribution < 1.29 is 4.92 Å². The fraction of sp³-hybridized carbons (Fsp3) is 0.250. The summed E-state index contributed by atoms with van der Waals surface area (Å²) in [6.45, 7) is 1.86. The molecule has 5 heteroatoms. The van der Waals surface area contributed by atoms with Gasteiger partial charge in [-0.15, -0.1) is 0 Å². The van der Waals surface area contributed by atoms with E-state index in [0.717, 1.165) is 29.8 Å². The minimum absolute atomic E-state index is 0.119. The van der Waals surface area contributed by atoms with Crippen LogP contribution in [0.1, 0.15) is 29.2 Å². The standard InChI is InChI=1S/C16H17N3O2/c1-10-6-13(9-14(7-10)19(20)21)18-16-5-2-11-8-12(17)3-4-15(11)16/h3-4,6-9,16,18H,2,5,17H2,1H3. The Morgan fingerprint density at radius 1 is 1.29 bits per heavy atom. The molecule has 0 aliphatic heterocycles. The number of nitrogens with two attached hydrogens (primary N) is 1. The number of aryl methyl sites for hydroxylation is 2. The number of nitrogen functional groups attached to an aromatic ring is 1. The van der Waals surface area contributed by atoms with E-state index in [4.69, 9.17) is 5.73 Å². The van der Waals surface area contributed by atoms with Gasteiger partial charge < -0.3 is 11.1 Å². The molecule has 2 aromatic carbocycles. The van der Waals surface area contributed by atoms with E-state index in [-0.39, 0.29) is 16.7 Å². The fourth-order valence-electron chi connectivity index (χ4n) is 2.94. The van der Waals surface area contributed by atoms with Crippen molar-refractivity contribution >= 4 is 17.1 Å². The van der Waals surface area contributed by atoms with Gasteiger partial charge in [-0.05, 0) is 54.7 Å². The number of nitrogens with one attached hydrogen (secondary N) is 1. The molecule has 1 unspecified atom stereocenters. The zero-order valence-corrected chi connectivity index (χ0v) is 11.8. The highest BCUT2D eigenvalue weighted by Gasteiger charge is 2.22. The Morgan fingerprint density at radius 2 is 2.10 bits per heavy atom. The number of nitrogens with zero attached hydrogens (tertiary/aromatic N) is 1. The predicted octanol–water partition coefficient (Wildman–Crippen LogP) is 3.58. The zero-order valence-electron chi connectivity index (χ0n) is 11.8. The minimum atomic E-state index is -0.360.